The summed E-state index contributed by atoms with van der Waals surface area (Å²) in [6.45, 7) is 1.41. The summed E-state index contributed by atoms with van der Waals surface area (Å²) >= 11 is 0. The molecule has 12 heteroatoms. The molecule has 2 aromatic carbocycles. The summed E-state index contributed by atoms with van der Waals surface area (Å²) in [4.78, 5) is 60.9. The predicted octanol–water partition coefficient (Wildman–Crippen LogP) is -1.06. The highest BCUT2D eigenvalue weighted by Gasteiger charge is 2.29. The van der Waals surface area contributed by atoms with Gasteiger partial charge in [0.2, 0.25) is 23.6 Å². The molecule has 0 spiro atoms. The van der Waals surface area contributed by atoms with Gasteiger partial charge in [0.15, 0.2) is 0 Å². The van der Waals surface area contributed by atoms with Crippen LogP contribution in [0.2, 0.25) is 0 Å². The van der Waals surface area contributed by atoms with E-state index >= 15 is 0 Å². The fourth-order valence-electron chi connectivity index (χ4n) is 3.39. The van der Waals surface area contributed by atoms with Crippen LogP contribution in [0.1, 0.15) is 24.5 Å². The first kappa shape index (κ1) is 28.8. The van der Waals surface area contributed by atoms with Gasteiger partial charge >= 0.3 is 5.97 Å². The number of phenols is 1. The van der Waals surface area contributed by atoms with Crippen molar-refractivity contribution in [3.8, 4) is 5.75 Å². The Morgan fingerprint density at radius 2 is 1.35 bits per heavy atom. The maximum atomic E-state index is 12.9. The molecule has 0 saturated carbocycles. The second-order valence-corrected chi connectivity index (χ2v) is 8.53. The van der Waals surface area contributed by atoms with Crippen molar-refractivity contribution < 1.29 is 34.2 Å². The SMILES string of the molecule is CC(NC(=O)C(N)Cc1ccc(O)cc1)C(=O)NC(Cc1ccccc1)C(=O)NC(CC(N)=O)C(=O)O. The molecule has 4 amide bonds. The molecule has 9 N–H and O–H groups in total. The topological polar surface area (TPSA) is 214 Å². The number of hydrogen-bond acceptors (Lipinski definition) is 7. The maximum absolute atomic E-state index is 12.9. The lowest BCUT2D eigenvalue weighted by molar-refractivity contribution is -0.143. The van der Waals surface area contributed by atoms with E-state index in [0.29, 0.717) is 11.1 Å². The molecular weight excluding hydrogens is 482 g/mol. The highest BCUT2D eigenvalue weighted by Crippen LogP contribution is 2.11. The van der Waals surface area contributed by atoms with Gasteiger partial charge in [-0.15, -0.1) is 0 Å². The molecule has 0 aliphatic rings. The van der Waals surface area contributed by atoms with Gasteiger partial charge in [-0.25, -0.2) is 4.79 Å². The summed E-state index contributed by atoms with van der Waals surface area (Å²) in [5, 5.41) is 25.9. The Hall–Kier alpha value is -4.45. The number of carboxylic acid groups (broad SMARTS) is 1. The third-order valence-corrected chi connectivity index (χ3v) is 5.42. The Morgan fingerprint density at radius 1 is 0.784 bits per heavy atom. The Bertz CT molecular complexity index is 1110. The number of aliphatic carboxylic acids is 1. The third kappa shape index (κ3) is 9.61. The average Bonchev–Trinajstić information content (AvgIpc) is 2.84. The first-order valence-corrected chi connectivity index (χ1v) is 11.5. The molecule has 37 heavy (non-hydrogen) atoms. The minimum absolute atomic E-state index is 0.0162. The van der Waals surface area contributed by atoms with E-state index in [2.05, 4.69) is 16.0 Å². The number of carbonyl (C=O) groups excluding carboxylic acids is 4. The van der Waals surface area contributed by atoms with Gasteiger partial charge in [0.1, 0.15) is 23.9 Å². The van der Waals surface area contributed by atoms with Crippen LogP contribution in [0, 0.1) is 0 Å². The van der Waals surface area contributed by atoms with Crippen LogP contribution in [-0.2, 0) is 36.8 Å². The minimum Gasteiger partial charge on any atom is -0.508 e. The first-order chi connectivity index (χ1) is 17.5. The molecule has 4 atom stereocenters. The van der Waals surface area contributed by atoms with Crippen LogP contribution in [0.3, 0.4) is 0 Å². The molecule has 4 unspecified atom stereocenters. The smallest absolute Gasteiger partial charge is 0.326 e. The normalized spacial score (nSPS) is 13.9. The van der Waals surface area contributed by atoms with Crippen molar-refractivity contribution in [1.82, 2.24) is 16.0 Å². The summed E-state index contributed by atoms with van der Waals surface area (Å²) in [6, 6.07) is 10.00. The van der Waals surface area contributed by atoms with Gasteiger partial charge in [-0.2, -0.15) is 0 Å². The molecule has 198 valence electrons. The van der Waals surface area contributed by atoms with Crippen LogP contribution in [0.5, 0.6) is 5.75 Å². The van der Waals surface area contributed by atoms with Gasteiger partial charge in [-0.3, -0.25) is 19.2 Å². The highest BCUT2D eigenvalue weighted by atomic mass is 16.4. The standard InChI is InChI=1S/C25H31N5O7/c1-14(28-23(34)18(26)11-16-7-9-17(31)10-8-16)22(33)29-19(12-15-5-3-2-4-6-15)24(35)30-20(25(36)37)13-21(27)32/h2-10,14,18-20,31H,11-13,26H2,1H3,(H2,27,32)(H,28,34)(H,29,33)(H,30,35)(H,36,37). The number of benzene rings is 2. The molecule has 0 fully saturated rings. The highest BCUT2D eigenvalue weighted by molar-refractivity contribution is 5.94. The van der Waals surface area contributed by atoms with Crippen molar-refractivity contribution >= 4 is 29.6 Å². The fraction of sp³-hybridized carbons (Fsp3) is 0.320. The molecule has 0 aliphatic carbocycles. The number of hydrogen-bond donors (Lipinski definition) is 7. The summed E-state index contributed by atoms with van der Waals surface area (Å²) in [5.41, 5.74) is 12.4. The van der Waals surface area contributed by atoms with Crippen LogP contribution < -0.4 is 27.4 Å². The van der Waals surface area contributed by atoms with E-state index in [9.17, 15) is 34.2 Å². The molecule has 0 heterocycles. The van der Waals surface area contributed by atoms with Crippen molar-refractivity contribution in [2.75, 3.05) is 0 Å². The number of nitrogens with two attached hydrogens (primary N) is 2. The van der Waals surface area contributed by atoms with E-state index in [1.165, 1.54) is 19.1 Å². The molecule has 0 radical (unpaired) electrons. The molecule has 0 saturated heterocycles. The largest absolute Gasteiger partial charge is 0.508 e. The van der Waals surface area contributed by atoms with Gasteiger partial charge in [0.25, 0.3) is 0 Å². The lowest BCUT2D eigenvalue weighted by atomic mass is 10.0. The number of aromatic hydroxyl groups is 1. The van der Waals surface area contributed by atoms with E-state index in [1.54, 1.807) is 42.5 Å². The zero-order valence-corrected chi connectivity index (χ0v) is 20.2. The summed E-state index contributed by atoms with van der Waals surface area (Å²) in [7, 11) is 0. The molecular formula is C25H31N5O7. The summed E-state index contributed by atoms with van der Waals surface area (Å²) in [5.74, 6) is -4.45. The monoisotopic (exact) mass is 513 g/mol. The molecule has 2 rings (SSSR count). The van der Waals surface area contributed by atoms with Gasteiger partial charge in [0.05, 0.1) is 12.5 Å². The van der Waals surface area contributed by atoms with Crippen molar-refractivity contribution in [1.29, 1.82) is 0 Å². The molecule has 12 nitrogen and oxygen atoms in total. The summed E-state index contributed by atoms with van der Waals surface area (Å²) < 4.78 is 0. The van der Waals surface area contributed by atoms with Crippen molar-refractivity contribution in [3.63, 3.8) is 0 Å². The predicted molar refractivity (Wildman–Crippen MR) is 133 cm³/mol. The lowest BCUT2D eigenvalue weighted by Crippen LogP contribution is -2.57. The van der Waals surface area contributed by atoms with E-state index < -0.39 is 60.2 Å². The average molecular weight is 514 g/mol. The van der Waals surface area contributed by atoms with Crippen LogP contribution in [-0.4, -0.2) is 64.0 Å². The van der Waals surface area contributed by atoms with Crippen LogP contribution in [0.4, 0.5) is 0 Å². The zero-order chi connectivity index (χ0) is 27.5. The second-order valence-electron chi connectivity index (χ2n) is 8.53. The number of nitrogens with one attached hydrogen (secondary N) is 3. The van der Waals surface area contributed by atoms with E-state index in [0.717, 1.165) is 0 Å². The minimum atomic E-state index is -1.57. The Labute approximate surface area is 213 Å². The number of carboxylic acids is 1. The van der Waals surface area contributed by atoms with Crippen molar-refractivity contribution in [2.45, 2.75) is 50.4 Å². The van der Waals surface area contributed by atoms with E-state index in [1.807, 2.05) is 0 Å². The summed E-state index contributed by atoms with van der Waals surface area (Å²) in [6.07, 6.45) is -0.448. The fourth-order valence-corrected chi connectivity index (χ4v) is 3.39. The van der Waals surface area contributed by atoms with Gasteiger partial charge in [-0.1, -0.05) is 42.5 Å². The van der Waals surface area contributed by atoms with Crippen LogP contribution in [0.25, 0.3) is 0 Å². The Kier molecular flexibility index (Phi) is 10.6. The molecule has 0 bridgehead atoms. The van der Waals surface area contributed by atoms with Gasteiger partial charge < -0.3 is 37.6 Å². The van der Waals surface area contributed by atoms with Crippen molar-refractivity contribution in [3.05, 3.63) is 65.7 Å². The zero-order valence-electron chi connectivity index (χ0n) is 20.2. The number of amides is 4. The molecule has 0 aromatic heterocycles. The number of phenolic OH excluding ortho intramolecular Hbond substituents is 1. The number of primary amides is 1. The van der Waals surface area contributed by atoms with Crippen LogP contribution in [0.15, 0.2) is 54.6 Å². The van der Waals surface area contributed by atoms with E-state index in [4.69, 9.17) is 11.5 Å². The van der Waals surface area contributed by atoms with Crippen molar-refractivity contribution in [2.24, 2.45) is 11.5 Å². The van der Waals surface area contributed by atoms with Gasteiger partial charge in [0, 0.05) is 6.42 Å². The lowest BCUT2D eigenvalue weighted by Gasteiger charge is -2.23. The number of carbonyl (C=O) groups is 5. The third-order valence-electron chi connectivity index (χ3n) is 5.42. The molecule has 2 aromatic rings. The quantitative estimate of drug-likeness (QED) is 0.175. The van der Waals surface area contributed by atoms with Gasteiger partial charge in [-0.05, 0) is 36.6 Å². The van der Waals surface area contributed by atoms with E-state index in [-0.39, 0.29) is 18.6 Å². The Morgan fingerprint density at radius 3 is 1.92 bits per heavy atom. The number of rotatable bonds is 13. The second kappa shape index (κ2) is 13.6. The molecule has 0 aliphatic heterocycles. The first-order valence-electron chi connectivity index (χ1n) is 11.5. The maximum Gasteiger partial charge on any atom is 0.326 e. The van der Waals surface area contributed by atoms with Crippen LogP contribution >= 0.6 is 0 Å². The Balaban J connectivity index is 2.06.